The fraction of sp³-hybridized carbons (Fsp3) is 0.300. The van der Waals surface area contributed by atoms with Crippen LogP contribution in [0, 0.1) is 0 Å². The van der Waals surface area contributed by atoms with Crippen LogP contribution in [0.3, 0.4) is 0 Å². The summed E-state index contributed by atoms with van der Waals surface area (Å²) in [5, 5.41) is 4.82. The summed E-state index contributed by atoms with van der Waals surface area (Å²) < 4.78 is 36.0. The van der Waals surface area contributed by atoms with Crippen LogP contribution in [-0.2, 0) is 0 Å². The quantitative estimate of drug-likeness (QED) is 0.543. The number of hydrogen-bond acceptors (Lipinski definition) is 3. The van der Waals surface area contributed by atoms with E-state index in [0.29, 0.717) is 11.3 Å². The number of nitrogens with one attached hydrogen (secondary N) is 2. The Labute approximate surface area is 92.4 Å². The molecule has 0 fully saturated rings. The van der Waals surface area contributed by atoms with Gasteiger partial charge in [0.25, 0.3) is 0 Å². The van der Waals surface area contributed by atoms with Crippen LogP contribution in [0.25, 0.3) is 0 Å². The smallest absolute Gasteiger partial charge is 0.388 e. The van der Waals surface area contributed by atoms with Gasteiger partial charge in [0, 0.05) is 18.3 Å². The number of allylic oxidation sites excluding steroid dienone is 1. The first-order valence-electron chi connectivity index (χ1n) is 4.36. The molecule has 0 atom stereocenters. The second-order valence-corrected chi connectivity index (χ2v) is 2.82. The van der Waals surface area contributed by atoms with E-state index in [0.717, 1.165) is 0 Å². The molecule has 0 unspecified atom stereocenters. The minimum absolute atomic E-state index is 0.00771. The highest BCUT2D eigenvalue weighted by Gasteiger charge is 2.27. The highest BCUT2D eigenvalue weighted by atomic mass is 19.4. The van der Waals surface area contributed by atoms with E-state index in [1.807, 2.05) is 0 Å². The van der Waals surface area contributed by atoms with E-state index < -0.39 is 12.7 Å². The van der Waals surface area contributed by atoms with Gasteiger partial charge in [-0.1, -0.05) is 19.2 Å². The Bertz CT molecular complexity index is 316. The summed E-state index contributed by atoms with van der Waals surface area (Å²) in [6.45, 7) is 9.09. The van der Waals surface area contributed by atoms with Gasteiger partial charge in [-0.3, -0.25) is 0 Å². The van der Waals surface area contributed by atoms with Crippen molar-refractivity contribution in [1.82, 2.24) is 10.6 Å². The lowest BCUT2D eigenvalue weighted by atomic mass is 10.2. The molecule has 0 heterocycles. The molecule has 3 nitrogen and oxygen atoms in total. The monoisotopic (exact) mass is 233 g/mol. The summed E-state index contributed by atoms with van der Waals surface area (Å²) in [6, 6.07) is 0. The molecular weight excluding hydrogens is 219 g/mol. The van der Waals surface area contributed by atoms with Gasteiger partial charge in [0.05, 0.1) is 0 Å². The molecule has 0 saturated carbocycles. The minimum atomic E-state index is -4.32. The Kier molecular flexibility index (Phi) is 5.35. The molecule has 0 amide bonds. The van der Waals surface area contributed by atoms with Crippen molar-refractivity contribution in [1.29, 1.82) is 0 Å². The third-order valence-corrected chi connectivity index (χ3v) is 1.70. The molecule has 0 aromatic carbocycles. The van der Waals surface area contributed by atoms with Crippen molar-refractivity contribution in [3.63, 3.8) is 0 Å². The van der Waals surface area contributed by atoms with Crippen LogP contribution in [0.5, 0.6) is 0 Å². The molecule has 0 aromatic rings. The third-order valence-electron chi connectivity index (χ3n) is 1.70. The second-order valence-electron chi connectivity index (χ2n) is 2.82. The van der Waals surface area contributed by atoms with Gasteiger partial charge < -0.3 is 10.6 Å². The molecule has 2 N–H and O–H groups in total. The van der Waals surface area contributed by atoms with E-state index in [4.69, 9.17) is 0 Å². The summed E-state index contributed by atoms with van der Waals surface area (Å²) in [7, 11) is 1.59. The van der Waals surface area contributed by atoms with Crippen molar-refractivity contribution in [2.45, 2.75) is 6.18 Å². The van der Waals surface area contributed by atoms with E-state index in [-0.39, 0.29) is 5.82 Å². The number of halogens is 3. The van der Waals surface area contributed by atoms with E-state index in [1.165, 1.54) is 6.08 Å². The maximum Gasteiger partial charge on any atom is 0.405 e. The SMILES string of the molecule is C=C/C(C(=C)NC)=C(/N=C)NCC(F)(F)F. The maximum absolute atomic E-state index is 12.0. The largest absolute Gasteiger partial charge is 0.405 e. The van der Waals surface area contributed by atoms with Gasteiger partial charge in [0.1, 0.15) is 12.4 Å². The predicted octanol–water partition coefficient (Wildman–Crippen LogP) is 1.97. The van der Waals surface area contributed by atoms with Gasteiger partial charge in [-0.25, -0.2) is 4.99 Å². The lowest BCUT2D eigenvalue weighted by molar-refractivity contribution is -0.123. The molecule has 0 aliphatic heterocycles. The third kappa shape index (κ3) is 4.68. The first kappa shape index (κ1) is 14.3. The average Bonchev–Trinajstić information content (AvgIpc) is 2.21. The second kappa shape index (κ2) is 5.99. The molecule has 6 heteroatoms. The molecule has 0 rings (SSSR count). The Morgan fingerprint density at radius 3 is 2.31 bits per heavy atom. The molecule has 0 spiro atoms. The number of hydrogen-bond donors (Lipinski definition) is 2. The van der Waals surface area contributed by atoms with Crippen molar-refractivity contribution in [2.75, 3.05) is 13.6 Å². The maximum atomic E-state index is 12.0. The van der Waals surface area contributed by atoms with Crippen molar-refractivity contribution >= 4 is 6.72 Å². The van der Waals surface area contributed by atoms with Gasteiger partial charge in [-0.2, -0.15) is 13.2 Å². The van der Waals surface area contributed by atoms with E-state index in [2.05, 4.69) is 35.5 Å². The van der Waals surface area contributed by atoms with Gasteiger partial charge >= 0.3 is 6.18 Å². The summed E-state index contributed by atoms with van der Waals surface area (Å²) in [5.74, 6) is -0.00771. The standard InChI is InChI=1S/C10H14F3N3/c1-5-8(7(2)14-3)9(15-4)16-6-10(11,12)13/h5,14,16H,1-2,4,6H2,3H3/b9-8+. The van der Waals surface area contributed by atoms with Crippen molar-refractivity contribution in [3.8, 4) is 0 Å². The molecule has 0 bridgehead atoms. The molecule has 0 aromatic heterocycles. The molecule has 0 aliphatic carbocycles. The van der Waals surface area contributed by atoms with E-state index >= 15 is 0 Å². The Morgan fingerprint density at radius 1 is 1.44 bits per heavy atom. The van der Waals surface area contributed by atoms with Crippen LogP contribution in [-0.4, -0.2) is 26.5 Å². The summed E-state index contributed by atoms with van der Waals surface area (Å²) in [5.41, 5.74) is 0.758. The topological polar surface area (TPSA) is 36.4 Å². The number of alkyl halides is 3. The highest BCUT2D eigenvalue weighted by Crippen LogP contribution is 2.16. The molecule has 90 valence electrons. The molecule has 0 radical (unpaired) electrons. The fourth-order valence-corrected chi connectivity index (χ4v) is 0.918. The first-order chi connectivity index (χ1) is 7.35. The van der Waals surface area contributed by atoms with Crippen molar-refractivity contribution in [2.24, 2.45) is 4.99 Å². The van der Waals surface area contributed by atoms with Crippen LogP contribution in [0.1, 0.15) is 0 Å². The summed E-state index contributed by atoms with van der Waals surface area (Å²) >= 11 is 0. The van der Waals surface area contributed by atoms with E-state index in [1.54, 1.807) is 7.05 Å². The van der Waals surface area contributed by atoms with Gasteiger partial charge in [-0.05, 0) is 6.72 Å². The highest BCUT2D eigenvalue weighted by molar-refractivity contribution is 5.42. The minimum Gasteiger partial charge on any atom is -0.388 e. The van der Waals surface area contributed by atoms with Crippen LogP contribution < -0.4 is 10.6 Å². The predicted molar refractivity (Wildman–Crippen MR) is 59.0 cm³/mol. The number of aliphatic imine (C=N–C) groups is 1. The fourth-order valence-electron chi connectivity index (χ4n) is 0.918. The zero-order chi connectivity index (χ0) is 12.8. The van der Waals surface area contributed by atoms with Crippen LogP contribution in [0.2, 0.25) is 0 Å². The van der Waals surface area contributed by atoms with Crippen LogP contribution in [0.4, 0.5) is 13.2 Å². The zero-order valence-corrected chi connectivity index (χ0v) is 8.99. The first-order valence-corrected chi connectivity index (χ1v) is 4.36. The van der Waals surface area contributed by atoms with Gasteiger partial charge in [0.15, 0.2) is 0 Å². The summed E-state index contributed by atoms with van der Waals surface area (Å²) in [6.07, 6.45) is -2.96. The van der Waals surface area contributed by atoms with Crippen LogP contribution in [0.15, 0.2) is 41.3 Å². The summed E-state index contributed by atoms with van der Waals surface area (Å²) in [4.78, 5) is 3.48. The zero-order valence-electron chi connectivity index (χ0n) is 8.99. The van der Waals surface area contributed by atoms with Crippen molar-refractivity contribution < 1.29 is 13.2 Å². The van der Waals surface area contributed by atoms with Crippen LogP contribution >= 0.6 is 0 Å². The average molecular weight is 233 g/mol. The lowest BCUT2D eigenvalue weighted by Gasteiger charge is -2.14. The normalized spacial score (nSPS) is 12.5. The Morgan fingerprint density at radius 2 is 2.00 bits per heavy atom. The molecule has 0 aliphatic rings. The number of likely N-dealkylation sites (N-methyl/N-ethyl adjacent to an activating group) is 1. The number of rotatable bonds is 6. The lowest BCUT2D eigenvalue weighted by Crippen LogP contribution is -2.29. The van der Waals surface area contributed by atoms with Gasteiger partial charge in [-0.15, -0.1) is 0 Å². The van der Waals surface area contributed by atoms with E-state index in [9.17, 15) is 13.2 Å². The number of nitrogens with zero attached hydrogens (tertiary/aromatic N) is 1. The molecule has 0 saturated heterocycles. The Hall–Kier alpha value is -1.72. The molecular formula is C10H14F3N3. The van der Waals surface area contributed by atoms with Gasteiger partial charge in [0.2, 0.25) is 0 Å². The Balaban J connectivity index is 4.91. The van der Waals surface area contributed by atoms with Crippen molar-refractivity contribution in [3.05, 3.63) is 36.3 Å². The molecule has 16 heavy (non-hydrogen) atoms.